The van der Waals surface area contributed by atoms with Gasteiger partial charge in [0.15, 0.2) is 0 Å². The van der Waals surface area contributed by atoms with Gasteiger partial charge < -0.3 is 24.3 Å². The van der Waals surface area contributed by atoms with Crippen molar-refractivity contribution in [3.63, 3.8) is 0 Å². The molecule has 1 aromatic rings. The third-order valence-electron chi connectivity index (χ3n) is 6.79. The van der Waals surface area contributed by atoms with Crippen molar-refractivity contribution in [2.24, 2.45) is 11.8 Å². The maximum absolute atomic E-state index is 12.9. The molecule has 5 atom stereocenters. The van der Waals surface area contributed by atoms with Crippen LogP contribution in [0.15, 0.2) is 48.6 Å². The Morgan fingerprint density at radius 1 is 1.24 bits per heavy atom. The number of carbonyl (C=O) groups is 1. The Labute approximate surface area is 216 Å². The lowest BCUT2D eigenvalue weighted by Crippen LogP contribution is -2.37. The average molecular weight is 524 g/mol. The summed E-state index contributed by atoms with van der Waals surface area (Å²) in [5, 5.41) is 19.2. The molecule has 0 amide bonds. The van der Waals surface area contributed by atoms with E-state index in [1.54, 1.807) is 6.08 Å². The van der Waals surface area contributed by atoms with E-state index < -0.39 is 23.8 Å². The zero-order chi connectivity index (χ0) is 26.8. The number of carboxylic acids is 1. The van der Waals surface area contributed by atoms with E-state index in [1.165, 1.54) is 12.1 Å². The lowest BCUT2D eigenvalue weighted by Gasteiger charge is -2.27. The molecule has 204 valence electrons. The first-order chi connectivity index (χ1) is 17.7. The van der Waals surface area contributed by atoms with Gasteiger partial charge in [0.2, 0.25) is 0 Å². The highest BCUT2D eigenvalue weighted by Crippen LogP contribution is 2.44. The Kier molecular flexibility index (Phi) is 11.1. The van der Waals surface area contributed by atoms with E-state index in [0.717, 1.165) is 44.1 Å². The van der Waals surface area contributed by atoms with Gasteiger partial charge in [-0.15, -0.1) is 0 Å². The molecule has 1 aromatic carbocycles. The quantitative estimate of drug-likeness (QED) is 0.179. The molecule has 0 radical (unpaired) electrons. The van der Waals surface area contributed by atoms with Crippen molar-refractivity contribution in [1.29, 1.82) is 0 Å². The lowest BCUT2D eigenvalue weighted by atomic mass is 9.80. The molecule has 6 nitrogen and oxygen atoms in total. The summed E-state index contributed by atoms with van der Waals surface area (Å²) in [5.74, 6) is -0.619. The molecule has 37 heavy (non-hydrogen) atoms. The molecule has 2 aliphatic rings. The number of fused-ring (bicyclic) bond motifs is 2. The second-order valence-corrected chi connectivity index (χ2v) is 9.68. The topological polar surface area (TPSA) is 85.2 Å². The zero-order valence-corrected chi connectivity index (χ0v) is 21.1. The van der Waals surface area contributed by atoms with E-state index in [1.807, 2.05) is 12.2 Å². The van der Waals surface area contributed by atoms with Gasteiger partial charge in [-0.3, -0.25) is 4.79 Å². The molecule has 0 aromatic heterocycles. The summed E-state index contributed by atoms with van der Waals surface area (Å²) in [6, 6.07) is 4.58. The molecule has 1 aliphatic carbocycles. The summed E-state index contributed by atoms with van der Waals surface area (Å²) in [7, 11) is -0.252. The summed E-state index contributed by atoms with van der Waals surface area (Å²) in [4.78, 5) is 10.7. The van der Waals surface area contributed by atoms with Crippen LogP contribution in [-0.2, 0) is 20.3 Å². The molecular weight excluding hydrogens is 488 g/mol. The maximum atomic E-state index is 12.9. The standard InChI is InChI=1S/C27H36BF3O6/c1-2-3-15-28-36-24-17-25(37-28)23(22(24)11-6-4-5-7-12-26(33)34)14-13-20(32)18-35-21-10-8-9-19(16-21)27(29,30)31/h4,6,8-10,13-14,16,20,22-25,32H,2-3,5,7,11-12,15,17-18H2,1H3,(H,33,34)/t20?,22-,23-,24+,25-/m1/s1. The molecule has 0 spiro atoms. The fourth-order valence-electron chi connectivity index (χ4n) is 4.89. The minimum absolute atomic E-state index is 0.00324. The van der Waals surface area contributed by atoms with Gasteiger partial charge in [-0.25, -0.2) is 0 Å². The smallest absolute Gasteiger partial charge is 0.457 e. The Balaban J connectivity index is 1.60. The summed E-state index contributed by atoms with van der Waals surface area (Å²) < 4.78 is 56.6. The number of hydrogen-bond acceptors (Lipinski definition) is 5. The number of rotatable bonds is 14. The van der Waals surface area contributed by atoms with Crippen LogP contribution in [0, 0.1) is 11.8 Å². The molecule has 1 heterocycles. The van der Waals surface area contributed by atoms with E-state index in [9.17, 15) is 23.1 Å². The van der Waals surface area contributed by atoms with Crippen LogP contribution in [0.25, 0.3) is 0 Å². The van der Waals surface area contributed by atoms with Crippen LogP contribution in [0.2, 0.25) is 6.32 Å². The van der Waals surface area contributed by atoms with Gasteiger partial charge in [0, 0.05) is 18.4 Å². The highest BCUT2D eigenvalue weighted by atomic mass is 19.4. The van der Waals surface area contributed by atoms with Crippen LogP contribution >= 0.6 is 0 Å². The third-order valence-corrected chi connectivity index (χ3v) is 6.79. The number of aliphatic hydroxyl groups is 1. The Morgan fingerprint density at radius 3 is 2.76 bits per heavy atom. The maximum Gasteiger partial charge on any atom is 0.457 e. The second-order valence-electron chi connectivity index (χ2n) is 9.68. The van der Waals surface area contributed by atoms with Gasteiger partial charge in [0.25, 0.3) is 0 Å². The molecule has 10 heteroatoms. The number of alkyl halides is 3. The van der Waals surface area contributed by atoms with E-state index in [-0.39, 0.29) is 49.9 Å². The minimum Gasteiger partial charge on any atom is -0.491 e. The predicted molar refractivity (Wildman–Crippen MR) is 134 cm³/mol. The van der Waals surface area contributed by atoms with Gasteiger partial charge in [-0.1, -0.05) is 50.1 Å². The van der Waals surface area contributed by atoms with Crippen LogP contribution in [-0.4, -0.2) is 48.2 Å². The van der Waals surface area contributed by atoms with E-state index in [2.05, 4.69) is 13.0 Å². The van der Waals surface area contributed by atoms with Crippen molar-refractivity contribution in [2.45, 2.75) is 82.7 Å². The summed E-state index contributed by atoms with van der Waals surface area (Å²) in [6.45, 7) is 1.94. The van der Waals surface area contributed by atoms with Gasteiger partial charge in [0.05, 0.1) is 11.7 Å². The first kappa shape index (κ1) is 29.3. The van der Waals surface area contributed by atoms with Crippen molar-refractivity contribution in [2.75, 3.05) is 6.61 Å². The fraction of sp³-hybridized carbons (Fsp3) is 0.593. The number of halogens is 3. The summed E-state index contributed by atoms with van der Waals surface area (Å²) in [5.41, 5.74) is -0.804. The minimum atomic E-state index is -4.46. The van der Waals surface area contributed by atoms with Gasteiger partial charge in [-0.2, -0.15) is 13.2 Å². The Bertz CT molecular complexity index is 922. The number of benzene rings is 1. The first-order valence-corrected chi connectivity index (χ1v) is 13.0. The largest absolute Gasteiger partial charge is 0.491 e. The molecule has 2 bridgehead atoms. The zero-order valence-electron chi connectivity index (χ0n) is 21.1. The van der Waals surface area contributed by atoms with Crippen molar-refractivity contribution in [3.8, 4) is 5.75 Å². The SMILES string of the molecule is CCCCB1O[C@H]2C[C@@H](O1)[C@H](C=CC(O)COc1cccc(C(F)(F)F)c1)[C@H]2CC=CCCCC(=O)O. The van der Waals surface area contributed by atoms with Gasteiger partial charge in [-0.05, 0) is 56.1 Å². The summed E-state index contributed by atoms with van der Waals surface area (Å²) in [6.07, 6.45) is 7.90. The molecule has 2 fully saturated rings. The second kappa shape index (κ2) is 14.0. The fourth-order valence-corrected chi connectivity index (χ4v) is 4.89. The molecule has 3 rings (SSSR count). The Hall–Kier alpha value is -2.30. The number of unbranched alkanes of at least 4 members (excludes halogenated alkanes) is 2. The number of allylic oxidation sites excluding steroid dienone is 2. The van der Waals surface area contributed by atoms with Crippen LogP contribution in [0.4, 0.5) is 13.2 Å². The van der Waals surface area contributed by atoms with Crippen molar-refractivity contribution in [1.82, 2.24) is 0 Å². The lowest BCUT2D eigenvalue weighted by molar-refractivity contribution is -0.138. The molecule has 2 N–H and O–H groups in total. The first-order valence-electron chi connectivity index (χ1n) is 13.0. The normalized spacial score (nSPS) is 24.7. The molecule has 1 unspecified atom stereocenters. The molecule has 1 aliphatic heterocycles. The molecule has 1 saturated carbocycles. The summed E-state index contributed by atoms with van der Waals surface area (Å²) >= 11 is 0. The highest BCUT2D eigenvalue weighted by Gasteiger charge is 2.49. The van der Waals surface area contributed by atoms with Crippen molar-refractivity contribution >= 4 is 13.1 Å². The van der Waals surface area contributed by atoms with Crippen LogP contribution in [0.3, 0.4) is 0 Å². The molecule has 1 saturated heterocycles. The van der Waals surface area contributed by atoms with Gasteiger partial charge in [0.1, 0.15) is 18.5 Å². The van der Waals surface area contributed by atoms with Crippen LogP contribution in [0.1, 0.15) is 57.4 Å². The monoisotopic (exact) mass is 524 g/mol. The Morgan fingerprint density at radius 2 is 2.03 bits per heavy atom. The van der Waals surface area contributed by atoms with Crippen LogP contribution in [0.5, 0.6) is 5.75 Å². The van der Waals surface area contributed by atoms with E-state index in [0.29, 0.717) is 12.8 Å². The van der Waals surface area contributed by atoms with E-state index >= 15 is 0 Å². The predicted octanol–water partition coefficient (Wildman–Crippen LogP) is 5.91. The van der Waals surface area contributed by atoms with Crippen molar-refractivity contribution < 1.29 is 42.2 Å². The number of carboxylic acid groups (broad SMARTS) is 1. The highest BCUT2D eigenvalue weighted by molar-refractivity contribution is 6.44. The third kappa shape index (κ3) is 9.19. The van der Waals surface area contributed by atoms with Crippen LogP contribution < -0.4 is 4.74 Å². The number of aliphatic hydroxyl groups excluding tert-OH is 1. The number of aliphatic carboxylic acids is 1. The number of hydrogen-bond donors (Lipinski definition) is 2. The number of ether oxygens (including phenoxy) is 1. The molecular formula is C27H36BF3O6. The van der Waals surface area contributed by atoms with E-state index in [4.69, 9.17) is 19.2 Å². The van der Waals surface area contributed by atoms with Crippen molar-refractivity contribution in [3.05, 3.63) is 54.1 Å². The van der Waals surface area contributed by atoms with Gasteiger partial charge >= 0.3 is 19.3 Å². The average Bonchev–Trinajstić information content (AvgIpc) is 3.10.